The van der Waals surface area contributed by atoms with Crippen molar-refractivity contribution in [2.45, 2.75) is 18.9 Å². The summed E-state index contributed by atoms with van der Waals surface area (Å²) in [6, 6.07) is 6.82. The van der Waals surface area contributed by atoms with Crippen LogP contribution in [0.4, 0.5) is 0 Å². The molecular weight excluding hydrogens is 216 g/mol. The Morgan fingerprint density at radius 3 is 3.12 bits per heavy atom. The fourth-order valence-electron chi connectivity index (χ4n) is 2.36. The van der Waals surface area contributed by atoms with Crippen molar-refractivity contribution in [3.05, 3.63) is 29.8 Å². The second-order valence-corrected chi connectivity index (χ2v) is 4.40. The lowest BCUT2D eigenvalue weighted by Gasteiger charge is -2.24. The van der Waals surface area contributed by atoms with E-state index in [0.717, 1.165) is 25.9 Å². The fraction of sp³-hybridized carbons (Fsp3) is 0.462. The van der Waals surface area contributed by atoms with Crippen molar-refractivity contribution in [3.8, 4) is 5.75 Å². The average Bonchev–Trinajstić information content (AvgIpc) is 2.77. The SMILES string of the molecule is CNCC1CCCN1C(=O)c1cccc(O)c1. The Bertz CT molecular complexity index is 406. The van der Waals surface area contributed by atoms with Gasteiger partial charge in [-0.1, -0.05) is 6.07 Å². The van der Waals surface area contributed by atoms with E-state index in [2.05, 4.69) is 5.32 Å². The van der Waals surface area contributed by atoms with E-state index in [9.17, 15) is 9.90 Å². The Kier molecular flexibility index (Phi) is 3.64. The van der Waals surface area contributed by atoms with Crippen molar-refractivity contribution in [2.75, 3.05) is 20.1 Å². The highest BCUT2D eigenvalue weighted by Gasteiger charge is 2.28. The van der Waals surface area contributed by atoms with Crippen molar-refractivity contribution in [3.63, 3.8) is 0 Å². The predicted octanol–water partition coefficient (Wildman–Crippen LogP) is 1.22. The van der Waals surface area contributed by atoms with E-state index in [1.165, 1.54) is 6.07 Å². The molecule has 1 unspecified atom stereocenters. The molecule has 1 heterocycles. The maximum Gasteiger partial charge on any atom is 0.254 e. The van der Waals surface area contributed by atoms with Crippen molar-refractivity contribution in [2.24, 2.45) is 0 Å². The van der Waals surface area contributed by atoms with Crippen LogP contribution in [0.2, 0.25) is 0 Å². The largest absolute Gasteiger partial charge is 0.508 e. The number of phenolic OH excluding ortho intramolecular Hbond substituents is 1. The number of carbonyl (C=O) groups is 1. The molecule has 2 N–H and O–H groups in total. The Hall–Kier alpha value is -1.55. The highest BCUT2D eigenvalue weighted by molar-refractivity contribution is 5.95. The normalized spacial score (nSPS) is 19.6. The minimum atomic E-state index is 0.0126. The van der Waals surface area contributed by atoms with Crippen LogP contribution in [0.3, 0.4) is 0 Å². The Morgan fingerprint density at radius 2 is 2.41 bits per heavy atom. The molecular formula is C13H18N2O2. The molecule has 4 nitrogen and oxygen atoms in total. The van der Waals surface area contributed by atoms with Crippen LogP contribution in [0.25, 0.3) is 0 Å². The summed E-state index contributed by atoms with van der Waals surface area (Å²) in [6.45, 7) is 1.63. The van der Waals surface area contributed by atoms with Gasteiger partial charge in [0.1, 0.15) is 5.75 Å². The first-order valence-corrected chi connectivity index (χ1v) is 5.97. The number of amides is 1. The van der Waals surface area contributed by atoms with Crippen molar-refractivity contribution < 1.29 is 9.90 Å². The number of carbonyl (C=O) groups excluding carboxylic acids is 1. The van der Waals surface area contributed by atoms with Gasteiger partial charge in [0.15, 0.2) is 0 Å². The minimum Gasteiger partial charge on any atom is -0.508 e. The third-order valence-electron chi connectivity index (χ3n) is 3.17. The van der Waals surface area contributed by atoms with Crippen molar-refractivity contribution in [1.82, 2.24) is 10.2 Å². The molecule has 0 saturated carbocycles. The lowest BCUT2D eigenvalue weighted by Crippen LogP contribution is -2.40. The van der Waals surface area contributed by atoms with Crippen LogP contribution >= 0.6 is 0 Å². The smallest absolute Gasteiger partial charge is 0.254 e. The molecule has 1 amide bonds. The molecule has 0 bridgehead atoms. The average molecular weight is 234 g/mol. The molecule has 0 spiro atoms. The monoisotopic (exact) mass is 234 g/mol. The topological polar surface area (TPSA) is 52.6 Å². The first-order chi connectivity index (χ1) is 8.22. The van der Waals surface area contributed by atoms with E-state index in [-0.39, 0.29) is 17.7 Å². The van der Waals surface area contributed by atoms with Crippen LogP contribution in [0.15, 0.2) is 24.3 Å². The molecule has 1 fully saturated rings. The van der Waals surface area contributed by atoms with E-state index in [1.807, 2.05) is 11.9 Å². The molecule has 1 saturated heterocycles. The van der Waals surface area contributed by atoms with Gasteiger partial charge in [-0.15, -0.1) is 0 Å². The van der Waals surface area contributed by atoms with Crippen LogP contribution in [0.1, 0.15) is 23.2 Å². The minimum absolute atomic E-state index is 0.0126. The zero-order chi connectivity index (χ0) is 12.3. The van der Waals surface area contributed by atoms with E-state index in [4.69, 9.17) is 0 Å². The molecule has 4 heteroatoms. The quantitative estimate of drug-likeness (QED) is 0.826. The van der Waals surface area contributed by atoms with E-state index in [1.54, 1.807) is 18.2 Å². The maximum atomic E-state index is 12.3. The van der Waals surface area contributed by atoms with E-state index >= 15 is 0 Å². The van der Waals surface area contributed by atoms with Gasteiger partial charge in [-0.25, -0.2) is 0 Å². The Balaban J connectivity index is 2.14. The summed E-state index contributed by atoms with van der Waals surface area (Å²) >= 11 is 0. The summed E-state index contributed by atoms with van der Waals surface area (Å²) < 4.78 is 0. The highest BCUT2D eigenvalue weighted by atomic mass is 16.3. The number of hydrogen-bond acceptors (Lipinski definition) is 3. The van der Waals surface area contributed by atoms with Crippen LogP contribution in [0, 0.1) is 0 Å². The number of phenols is 1. The Labute approximate surface area is 101 Å². The van der Waals surface area contributed by atoms with E-state index in [0.29, 0.717) is 5.56 Å². The molecule has 1 aromatic rings. The third-order valence-corrected chi connectivity index (χ3v) is 3.17. The molecule has 17 heavy (non-hydrogen) atoms. The zero-order valence-electron chi connectivity index (χ0n) is 10.0. The van der Waals surface area contributed by atoms with Gasteiger partial charge in [-0.05, 0) is 38.1 Å². The molecule has 1 aliphatic rings. The number of likely N-dealkylation sites (tertiary alicyclic amines) is 1. The fourth-order valence-corrected chi connectivity index (χ4v) is 2.36. The molecule has 92 valence electrons. The number of nitrogens with zero attached hydrogens (tertiary/aromatic N) is 1. The van der Waals surface area contributed by atoms with Gasteiger partial charge >= 0.3 is 0 Å². The Morgan fingerprint density at radius 1 is 1.59 bits per heavy atom. The number of aromatic hydroxyl groups is 1. The predicted molar refractivity (Wildman–Crippen MR) is 66.1 cm³/mol. The standard InChI is InChI=1S/C13H18N2O2/c1-14-9-11-5-3-7-15(11)13(17)10-4-2-6-12(16)8-10/h2,4,6,8,11,14,16H,3,5,7,9H2,1H3. The first kappa shape index (κ1) is 11.9. The highest BCUT2D eigenvalue weighted by Crippen LogP contribution is 2.21. The summed E-state index contributed by atoms with van der Waals surface area (Å²) in [6.07, 6.45) is 2.10. The summed E-state index contributed by atoms with van der Waals surface area (Å²) in [5, 5.41) is 12.5. The lowest BCUT2D eigenvalue weighted by molar-refractivity contribution is 0.0736. The number of hydrogen-bond donors (Lipinski definition) is 2. The summed E-state index contributed by atoms with van der Waals surface area (Å²) in [5.41, 5.74) is 0.563. The van der Waals surface area contributed by atoms with Gasteiger partial charge in [0.05, 0.1) is 0 Å². The van der Waals surface area contributed by atoms with Crippen LogP contribution in [-0.4, -0.2) is 42.1 Å². The summed E-state index contributed by atoms with van der Waals surface area (Å²) in [5.74, 6) is 0.152. The van der Waals surface area contributed by atoms with Gasteiger partial charge in [0, 0.05) is 24.7 Å². The third kappa shape index (κ3) is 2.58. The van der Waals surface area contributed by atoms with Gasteiger partial charge in [-0.3, -0.25) is 4.79 Å². The molecule has 0 radical (unpaired) electrons. The van der Waals surface area contributed by atoms with E-state index < -0.39 is 0 Å². The number of rotatable bonds is 3. The molecule has 1 aromatic carbocycles. The number of nitrogens with one attached hydrogen (secondary N) is 1. The van der Waals surface area contributed by atoms with Gasteiger partial charge in [0.25, 0.3) is 5.91 Å². The van der Waals surface area contributed by atoms with Gasteiger partial charge < -0.3 is 15.3 Å². The van der Waals surface area contributed by atoms with Crippen LogP contribution < -0.4 is 5.32 Å². The number of likely N-dealkylation sites (N-methyl/N-ethyl adjacent to an activating group) is 1. The summed E-state index contributed by atoms with van der Waals surface area (Å²) in [7, 11) is 1.90. The molecule has 1 aliphatic heterocycles. The zero-order valence-corrected chi connectivity index (χ0v) is 10.0. The number of benzene rings is 1. The molecule has 1 atom stereocenters. The molecule has 0 aromatic heterocycles. The molecule has 2 rings (SSSR count). The second-order valence-electron chi connectivity index (χ2n) is 4.40. The first-order valence-electron chi connectivity index (χ1n) is 5.97. The lowest BCUT2D eigenvalue weighted by atomic mass is 10.1. The van der Waals surface area contributed by atoms with Gasteiger partial charge in [0.2, 0.25) is 0 Å². The molecule has 0 aliphatic carbocycles. The van der Waals surface area contributed by atoms with Gasteiger partial charge in [-0.2, -0.15) is 0 Å². The van der Waals surface area contributed by atoms with Crippen molar-refractivity contribution >= 4 is 5.91 Å². The summed E-state index contributed by atoms with van der Waals surface area (Å²) in [4.78, 5) is 14.2. The maximum absolute atomic E-state index is 12.3. The van der Waals surface area contributed by atoms with Crippen LogP contribution in [0.5, 0.6) is 5.75 Å². The van der Waals surface area contributed by atoms with Crippen LogP contribution in [-0.2, 0) is 0 Å². The second kappa shape index (κ2) is 5.19. The van der Waals surface area contributed by atoms with Crippen molar-refractivity contribution in [1.29, 1.82) is 0 Å².